The van der Waals surface area contributed by atoms with E-state index in [9.17, 15) is 14.0 Å². The smallest absolute Gasteiger partial charge is 0.267 e. The van der Waals surface area contributed by atoms with E-state index >= 15 is 0 Å². The van der Waals surface area contributed by atoms with E-state index in [0.717, 1.165) is 9.13 Å². The molecule has 0 fully saturated rings. The first-order valence-electron chi connectivity index (χ1n) is 8.29. The molecule has 1 aromatic carbocycles. The number of hydrogen-bond donors (Lipinski definition) is 4. The topological polar surface area (TPSA) is 117 Å². The molecule has 0 saturated heterocycles. The van der Waals surface area contributed by atoms with Gasteiger partial charge in [-0.2, -0.15) is 0 Å². The number of nitrogens with one attached hydrogen (secondary N) is 2. The number of Topliss-reactive ketones (excluding diaryl/α,β-unsaturated/α-hetero) is 1. The van der Waals surface area contributed by atoms with Crippen molar-refractivity contribution in [3.05, 3.63) is 63.1 Å². The monoisotopic (exact) mass is 498 g/mol. The molecule has 5 N–H and O–H groups in total. The first kappa shape index (κ1) is 21.9. The Bertz CT molecular complexity index is 885. The minimum absolute atomic E-state index is 0.0146. The zero-order chi connectivity index (χ0) is 20.7. The number of ketones is 1. The maximum Gasteiger partial charge on any atom is 0.267 e. The van der Waals surface area contributed by atoms with Crippen molar-refractivity contribution in [1.82, 2.24) is 10.5 Å². The van der Waals surface area contributed by atoms with Crippen LogP contribution < -0.4 is 16.5 Å². The number of carbonyl (C=O) groups is 2. The molecule has 2 aromatic rings. The van der Waals surface area contributed by atoms with Gasteiger partial charge in [-0.15, -0.1) is 0 Å². The number of rotatable bonds is 8. The molecule has 0 saturated carbocycles. The number of nitrogens with zero attached hydrogens (tertiary/aromatic N) is 1. The fourth-order valence-electron chi connectivity index (χ4n) is 2.37. The normalized spacial score (nSPS) is 13.2. The summed E-state index contributed by atoms with van der Waals surface area (Å²) in [4.78, 5) is 27.8. The van der Waals surface area contributed by atoms with Gasteiger partial charge < -0.3 is 11.1 Å². The molecule has 9 heteroatoms. The van der Waals surface area contributed by atoms with Crippen LogP contribution in [0.3, 0.4) is 0 Å². The minimum Gasteiger partial charge on any atom is -0.362 e. The summed E-state index contributed by atoms with van der Waals surface area (Å²) in [5, 5.41) is 11.4. The minimum atomic E-state index is -1.11. The van der Waals surface area contributed by atoms with Crippen LogP contribution in [0.25, 0.3) is 6.08 Å². The molecular formula is C19H20FIN4O3. The van der Waals surface area contributed by atoms with Crippen LogP contribution in [0.2, 0.25) is 0 Å². The number of carbonyl (C=O) groups excluding carboxylic acids is 2. The Kier molecular flexibility index (Phi) is 7.61. The van der Waals surface area contributed by atoms with Gasteiger partial charge in [0.05, 0.1) is 15.7 Å². The van der Waals surface area contributed by atoms with Gasteiger partial charge >= 0.3 is 0 Å². The summed E-state index contributed by atoms with van der Waals surface area (Å²) in [6.07, 6.45) is 4.47. The predicted octanol–water partition coefficient (Wildman–Crippen LogP) is 2.28. The molecule has 1 aromatic heterocycles. The van der Waals surface area contributed by atoms with Crippen molar-refractivity contribution in [3.8, 4) is 0 Å². The van der Waals surface area contributed by atoms with Gasteiger partial charge in [0.25, 0.3) is 5.91 Å². The first-order valence-corrected chi connectivity index (χ1v) is 9.37. The van der Waals surface area contributed by atoms with Crippen LogP contribution in [0.5, 0.6) is 0 Å². The lowest BCUT2D eigenvalue weighted by Crippen LogP contribution is -2.49. The van der Waals surface area contributed by atoms with Crippen molar-refractivity contribution in [1.29, 1.82) is 0 Å². The van der Waals surface area contributed by atoms with Crippen molar-refractivity contribution in [2.45, 2.75) is 18.9 Å². The second kappa shape index (κ2) is 9.71. The summed E-state index contributed by atoms with van der Waals surface area (Å²) in [6.45, 7) is 1.62. The molecule has 1 amide bonds. The van der Waals surface area contributed by atoms with Gasteiger partial charge in [0, 0.05) is 12.3 Å². The Morgan fingerprint density at radius 3 is 2.64 bits per heavy atom. The van der Waals surface area contributed by atoms with Gasteiger partial charge in [0.15, 0.2) is 5.78 Å². The third kappa shape index (κ3) is 6.36. The number of benzene rings is 1. The summed E-state index contributed by atoms with van der Waals surface area (Å²) < 4.78 is 13.8. The zero-order valence-electron chi connectivity index (χ0n) is 15.1. The zero-order valence-corrected chi connectivity index (χ0v) is 17.2. The lowest BCUT2D eigenvalue weighted by atomic mass is 9.89. The van der Waals surface area contributed by atoms with Gasteiger partial charge in [-0.1, -0.05) is 12.1 Å². The molecule has 0 aliphatic rings. The summed E-state index contributed by atoms with van der Waals surface area (Å²) in [7, 11) is 0. The molecule has 1 unspecified atom stereocenters. The van der Waals surface area contributed by atoms with E-state index in [-0.39, 0.29) is 24.6 Å². The third-order valence-electron chi connectivity index (χ3n) is 3.94. The number of pyridine rings is 1. The van der Waals surface area contributed by atoms with Gasteiger partial charge in [-0.3, -0.25) is 14.8 Å². The molecule has 2 rings (SSSR count). The lowest BCUT2D eigenvalue weighted by Gasteiger charge is -2.23. The second-order valence-corrected chi connectivity index (χ2v) is 7.57. The molecule has 148 valence electrons. The molecule has 1 heterocycles. The standard InChI is InChI=1S/C19H20FIN4O3/c1-19(22,9-12-2-5-14(20)6-3-12)16(26)11-24-18-15(21)8-13(10-23-18)4-7-17(27)25-28/h2-8,10,28H,9,11,22H2,1H3,(H,23,24)(H,25,27)/b7-4+. The molecule has 0 bridgehead atoms. The van der Waals surface area contributed by atoms with Crippen molar-refractivity contribution in [3.63, 3.8) is 0 Å². The summed E-state index contributed by atoms with van der Waals surface area (Å²) in [5.74, 6) is -0.689. The van der Waals surface area contributed by atoms with Crippen molar-refractivity contribution < 1.29 is 19.2 Å². The average Bonchev–Trinajstić information content (AvgIpc) is 2.66. The number of nitrogens with two attached hydrogens (primary N) is 1. The molecule has 0 spiro atoms. The van der Waals surface area contributed by atoms with Gasteiger partial charge in [-0.05, 0) is 71.3 Å². The Balaban J connectivity index is 1.98. The Morgan fingerprint density at radius 2 is 2.04 bits per heavy atom. The predicted molar refractivity (Wildman–Crippen MR) is 112 cm³/mol. The van der Waals surface area contributed by atoms with Crippen molar-refractivity contribution >= 4 is 46.2 Å². The fraction of sp³-hybridized carbons (Fsp3) is 0.211. The van der Waals surface area contributed by atoms with Crippen LogP contribution in [-0.2, 0) is 16.0 Å². The quantitative estimate of drug-likeness (QED) is 0.192. The molecule has 28 heavy (non-hydrogen) atoms. The van der Waals surface area contributed by atoms with E-state index in [1.807, 2.05) is 0 Å². The first-order chi connectivity index (χ1) is 13.2. The van der Waals surface area contributed by atoms with Crippen LogP contribution in [0, 0.1) is 9.39 Å². The fourth-order valence-corrected chi connectivity index (χ4v) is 3.06. The van der Waals surface area contributed by atoms with E-state index < -0.39 is 11.4 Å². The van der Waals surface area contributed by atoms with E-state index in [4.69, 9.17) is 10.9 Å². The molecule has 7 nitrogen and oxygen atoms in total. The van der Waals surface area contributed by atoms with E-state index in [1.165, 1.54) is 36.0 Å². The molecule has 0 radical (unpaired) electrons. The number of hydrogen-bond acceptors (Lipinski definition) is 6. The SMILES string of the molecule is CC(N)(Cc1ccc(F)cc1)C(=O)CNc1ncc(/C=C/C(=O)NO)cc1I. The van der Waals surface area contributed by atoms with Gasteiger partial charge in [0.2, 0.25) is 0 Å². The number of anilines is 1. The summed E-state index contributed by atoms with van der Waals surface area (Å²) >= 11 is 2.05. The second-order valence-electron chi connectivity index (χ2n) is 6.41. The van der Waals surface area contributed by atoms with Crippen molar-refractivity contribution in [2.24, 2.45) is 5.73 Å². The highest BCUT2D eigenvalue weighted by atomic mass is 127. The number of amides is 1. The summed E-state index contributed by atoms with van der Waals surface area (Å²) in [5.41, 5.74) is 7.98. The average molecular weight is 498 g/mol. The maximum atomic E-state index is 13.0. The van der Waals surface area contributed by atoms with Gasteiger partial charge in [-0.25, -0.2) is 14.9 Å². The molecule has 1 atom stereocenters. The Hall–Kier alpha value is -2.37. The molecule has 0 aliphatic heterocycles. The summed E-state index contributed by atoms with van der Waals surface area (Å²) in [6, 6.07) is 7.65. The van der Waals surface area contributed by atoms with E-state index in [0.29, 0.717) is 11.4 Å². The van der Waals surface area contributed by atoms with Crippen LogP contribution >= 0.6 is 22.6 Å². The number of aromatic nitrogens is 1. The van der Waals surface area contributed by atoms with E-state index in [2.05, 4.69) is 32.9 Å². The highest BCUT2D eigenvalue weighted by Crippen LogP contribution is 2.18. The molecular weight excluding hydrogens is 478 g/mol. The molecule has 0 aliphatic carbocycles. The third-order valence-corrected chi connectivity index (χ3v) is 4.76. The highest BCUT2D eigenvalue weighted by molar-refractivity contribution is 14.1. The Labute approximate surface area is 175 Å². The highest BCUT2D eigenvalue weighted by Gasteiger charge is 2.28. The number of hydroxylamine groups is 1. The number of halogens is 2. The maximum absolute atomic E-state index is 13.0. The lowest BCUT2D eigenvalue weighted by molar-refractivity contribution is -0.124. The largest absolute Gasteiger partial charge is 0.362 e. The van der Waals surface area contributed by atoms with Gasteiger partial charge in [0.1, 0.15) is 11.6 Å². The van der Waals surface area contributed by atoms with Crippen molar-refractivity contribution in [2.75, 3.05) is 11.9 Å². The van der Waals surface area contributed by atoms with Crippen LogP contribution in [0.1, 0.15) is 18.1 Å². The Morgan fingerprint density at radius 1 is 1.36 bits per heavy atom. The van der Waals surface area contributed by atoms with Crippen LogP contribution in [0.4, 0.5) is 10.2 Å². The van der Waals surface area contributed by atoms with Crippen LogP contribution in [0.15, 0.2) is 42.6 Å². The van der Waals surface area contributed by atoms with Crippen LogP contribution in [-0.4, -0.2) is 34.0 Å². The van der Waals surface area contributed by atoms with E-state index in [1.54, 1.807) is 25.1 Å².